The molecule has 3 aromatic heterocycles. The first-order valence-electron chi connectivity index (χ1n) is 12.9. The number of anilines is 2. The molecule has 2 aliphatic heterocycles. The van der Waals surface area contributed by atoms with Gasteiger partial charge >= 0.3 is 0 Å². The van der Waals surface area contributed by atoms with E-state index in [1.165, 1.54) is 9.47 Å². The van der Waals surface area contributed by atoms with E-state index in [1.54, 1.807) is 36.5 Å². The SMILES string of the molecule is CCCN1CCC(S(C)(=O)=O)c2cc3c(cc2C1=O)N(c1ncc(F)cc1F)Cc1c[nH]c2c(=O)n(C)cc-3c12. The number of hydrogen-bond donors (Lipinski definition) is 1. The second-order valence-corrected chi connectivity index (χ2v) is 12.7. The van der Waals surface area contributed by atoms with Gasteiger partial charge in [0.15, 0.2) is 21.5 Å². The molecule has 4 aromatic rings. The van der Waals surface area contributed by atoms with E-state index in [4.69, 9.17) is 0 Å². The number of carbonyl (C=O) groups is 1. The van der Waals surface area contributed by atoms with Crippen LogP contribution in [0.4, 0.5) is 20.3 Å². The van der Waals surface area contributed by atoms with Gasteiger partial charge in [-0.05, 0) is 36.1 Å². The largest absolute Gasteiger partial charge is 0.356 e. The number of aryl methyl sites for hydroxylation is 1. The normalized spacial score (nSPS) is 17.0. The third-order valence-electron chi connectivity index (χ3n) is 7.75. The summed E-state index contributed by atoms with van der Waals surface area (Å²) in [6.45, 7) is 2.72. The van der Waals surface area contributed by atoms with Crippen LogP contribution < -0.4 is 10.5 Å². The lowest BCUT2D eigenvalue weighted by atomic mass is 9.93. The predicted octanol–water partition coefficient (Wildman–Crippen LogP) is 4.20. The molecule has 1 N–H and O–H groups in total. The zero-order chi connectivity index (χ0) is 28.5. The third-order valence-corrected chi connectivity index (χ3v) is 9.27. The van der Waals surface area contributed by atoms with Gasteiger partial charge in [-0.15, -0.1) is 0 Å². The average molecular weight is 568 g/mol. The minimum atomic E-state index is -3.62. The molecule has 0 radical (unpaired) electrons. The summed E-state index contributed by atoms with van der Waals surface area (Å²) in [5.41, 5.74) is 2.83. The van der Waals surface area contributed by atoms with Crippen molar-refractivity contribution in [1.29, 1.82) is 0 Å². The van der Waals surface area contributed by atoms with Crippen LogP contribution in [-0.2, 0) is 23.4 Å². The first-order chi connectivity index (χ1) is 19.0. The van der Waals surface area contributed by atoms with Crippen molar-refractivity contribution in [3.05, 3.63) is 75.5 Å². The summed E-state index contributed by atoms with van der Waals surface area (Å²) in [5, 5.41) is -0.331. The molecule has 2 aliphatic rings. The van der Waals surface area contributed by atoms with Crippen molar-refractivity contribution in [3.8, 4) is 11.1 Å². The molecule has 1 amide bonds. The van der Waals surface area contributed by atoms with Crippen LogP contribution in [0.5, 0.6) is 0 Å². The van der Waals surface area contributed by atoms with Gasteiger partial charge in [0, 0.05) is 66.9 Å². The Balaban J connectivity index is 1.73. The minimum Gasteiger partial charge on any atom is -0.356 e. The van der Waals surface area contributed by atoms with Crippen LogP contribution in [0.1, 0.15) is 46.5 Å². The van der Waals surface area contributed by atoms with Crippen molar-refractivity contribution in [1.82, 2.24) is 19.4 Å². The Morgan fingerprint density at radius 3 is 2.60 bits per heavy atom. The van der Waals surface area contributed by atoms with Crippen molar-refractivity contribution in [3.63, 3.8) is 0 Å². The fourth-order valence-electron chi connectivity index (χ4n) is 5.94. The standard InChI is InChI=1S/C28H27F2N5O4S/c1-4-6-34-7-5-23(40(3,38)39)18-9-17-20-14-33(2)28(37)25-24(20)15(11-31-25)13-35(22(17)10-19(18)27(34)36)26-21(30)8-16(29)12-32-26/h8-12,14,23,31H,4-7,13H2,1-3H3. The first kappa shape index (κ1) is 26.2. The van der Waals surface area contributed by atoms with Crippen LogP contribution in [0.15, 0.2) is 41.6 Å². The minimum absolute atomic E-state index is 0.0594. The monoisotopic (exact) mass is 567 g/mol. The third kappa shape index (κ3) is 4.00. The number of aromatic amines is 1. The molecule has 0 saturated carbocycles. The lowest BCUT2D eigenvalue weighted by Crippen LogP contribution is -2.32. The van der Waals surface area contributed by atoms with Crippen LogP contribution >= 0.6 is 0 Å². The number of H-pyrrole nitrogens is 1. The number of fused-ring (bicyclic) bond motifs is 3. The van der Waals surface area contributed by atoms with E-state index in [1.807, 2.05) is 6.92 Å². The highest BCUT2D eigenvalue weighted by Gasteiger charge is 2.37. The van der Waals surface area contributed by atoms with Gasteiger partial charge in [-0.25, -0.2) is 22.2 Å². The van der Waals surface area contributed by atoms with E-state index < -0.39 is 26.7 Å². The van der Waals surface area contributed by atoms with E-state index in [0.29, 0.717) is 51.8 Å². The summed E-state index contributed by atoms with van der Waals surface area (Å²) in [4.78, 5) is 37.0. The summed E-state index contributed by atoms with van der Waals surface area (Å²) in [7, 11) is -2.01. The number of rotatable bonds is 4. The Kier molecular flexibility index (Phi) is 6.06. The number of nitrogens with one attached hydrogen (secondary N) is 1. The smallest absolute Gasteiger partial charge is 0.274 e. The van der Waals surface area contributed by atoms with Crippen LogP contribution in [0, 0.1) is 11.6 Å². The Labute approximate surface area is 229 Å². The van der Waals surface area contributed by atoms with Gasteiger partial charge in [-0.3, -0.25) is 9.59 Å². The van der Waals surface area contributed by atoms with Crippen LogP contribution in [0.3, 0.4) is 0 Å². The predicted molar refractivity (Wildman–Crippen MR) is 147 cm³/mol. The fourth-order valence-corrected chi connectivity index (χ4v) is 7.13. The molecule has 5 heterocycles. The number of benzene rings is 1. The highest BCUT2D eigenvalue weighted by atomic mass is 32.2. The van der Waals surface area contributed by atoms with Gasteiger partial charge in [-0.2, -0.15) is 0 Å². The van der Waals surface area contributed by atoms with Crippen molar-refractivity contribution >= 4 is 38.2 Å². The molecule has 0 fully saturated rings. The van der Waals surface area contributed by atoms with Crippen molar-refractivity contribution < 1.29 is 22.0 Å². The Hall–Kier alpha value is -4.06. The average Bonchev–Trinajstić information content (AvgIpc) is 3.20. The zero-order valence-corrected chi connectivity index (χ0v) is 23.0. The Morgan fingerprint density at radius 1 is 1.12 bits per heavy atom. The first-order valence-corrected chi connectivity index (χ1v) is 14.9. The topological polar surface area (TPSA) is 108 Å². The van der Waals surface area contributed by atoms with Crippen molar-refractivity contribution in [2.45, 2.75) is 31.6 Å². The van der Waals surface area contributed by atoms with E-state index in [0.717, 1.165) is 18.5 Å². The lowest BCUT2D eigenvalue weighted by molar-refractivity contribution is 0.0760. The molecule has 1 unspecified atom stereocenters. The molecule has 6 rings (SSSR count). The second kappa shape index (κ2) is 9.26. The van der Waals surface area contributed by atoms with Gasteiger partial charge in [0.2, 0.25) is 0 Å². The van der Waals surface area contributed by atoms with Gasteiger partial charge in [0.25, 0.3) is 11.5 Å². The molecule has 1 aromatic carbocycles. The van der Waals surface area contributed by atoms with E-state index in [2.05, 4.69) is 9.97 Å². The van der Waals surface area contributed by atoms with E-state index >= 15 is 4.39 Å². The number of amides is 1. The fraction of sp³-hybridized carbons (Fsp3) is 0.321. The number of halogens is 2. The molecular formula is C28H27F2N5O4S. The number of nitrogens with zero attached hydrogens (tertiary/aromatic N) is 4. The van der Waals surface area contributed by atoms with Crippen molar-refractivity contribution in [2.24, 2.45) is 7.05 Å². The van der Waals surface area contributed by atoms with E-state index in [-0.39, 0.29) is 42.4 Å². The summed E-state index contributed by atoms with van der Waals surface area (Å²) >= 11 is 0. The maximum Gasteiger partial charge on any atom is 0.274 e. The molecular weight excluding hydrogens is 540 g/mol. The molecule has 40 heavy (non-hydrogen) atoms. The molecule has 0 aliphatic carbocycles. The molecule has 9 nitrogen and oxygen atoms in total. The lowest BCUT2D eigenvalue weighted by Gasteiger charge is -2.27. The quantitative estimate of drug-likeness (QED) is 0.396. The second-order valence-electron chi connectivity index (χ2n) is 10.4. The number of hydrogen-bond acceptors (Lipinski definition) is 6. The molecule has 0 spiro atoms. The summed E-state index contributed by atoms with van der Waals surface area (Å²) < 4.78 is 56.6. The highest BCUT2D eigenvalue weighted by Crippen LogP contribution is 2.47. The number of pyridine rings is 2. The molecule has 0 bridgehead atoms. The van der Waals surface area contributed by atoms with Crippen LogP contribution in [0.2, 0.25) is 0 Å². The van der Waals surface area contributed by atoms with E-state index in [9.17, 15) is 22.4 Å². The van der Waals surface area contributed by atoms with Crippen molar-refractivity contribution in [2.75, 3.05) is 24.2 Å². The number of sulfone groups is 1. The van der Waals surface area contributed by atoms with Gasteiger partial charge in [0.05, 0.1) is 23.7 Å². The number of aromatic nitrogens is 3. The Morgan fingerprint density at radius 2 is 1.90 bits per heavy atom. The zero-order valence-electron chi connectivity index (χ0n) is 22.2. The van der Waals surface area contributed by atoms with Gasteiger partial charge in [-0.1, -0.05) is 6.92 Å². The number of carbonyl (C=O) groups excluding carboxylic acids is 1. The molecule has 208 valence electrons. The summed E-state index contributed by atoms with van der Waals surface area (Å²) in [6, 6.07) is 4.01. The maximum atomic E-state index is 15.2. The van der Waals surface area contributed by atoms with Gasteiger partial charge in [0.1, 0.15) is 11.3 Å². The van der Waals surface area contributed by atoms with Gasteiger partial charge < -0.3 is 19.4 Å². The highest BCUT2D eigenvalue weighted by molar-refractivity contribution is 7.90. The van der Waals surface area contributed by atoms with Crippen LogP contribution in [-0.4, -0.2) is 53.1 Å². The summed E-state index contributed by atoms with van der Waals surface area (Å²) in [6.07, 6.45) is 6.31. The molecule has 0 saturated heterocycles. The Bertz CT molecular complexity index is 1880. The van der Waals surface area contributed by atoms with Crippen LogP contribution in [0.25, 0.3) is 22.0 Å². The summed E-state index contributed by atoms with van der Waals surface area (Å²) in [5.74, 6) is -2.22. The maximum absolute atomic E-state index is 15.2. The molecule has 12 heteroatoms. The molecule has 1 atom stereocenters.